The maximum atomic E-state index is 13.1. The van der Waals surface area contributed by atoms with Gasteiger partial charge in [-0.05, 0) is 69.1 Å². The Morgan fingerprint density at radius 3 is 2.32 bits per heavy atom. The van der Waals surface area contributed by atoms with Gasteiger partial charge in [0.1, 0.15) is 17.3 Å². The molecule has 1 saturated carbocycles. The lowest BCUT2D eigenvalue weighted by atomic mass is 9.59. The van der Waals surface area contributed by atoms with Gasteiger partial charge in [0.05, 0.1) is 26.2 Å². The number of fused-ring (bicyclic) bond motifs is 1. The van der Waals surface area contributed by atoms with Gasteiger partial charge in [-0.3, -0.25) is 9.59 Å². The monoisotopic (exact) mass is 428 g/mol. The molecule has 2 aliphatic carbocycles. The first-order valence-corrected chi connectivity index (χ1v) is 11.3. The first-order chi connectivity index (χ1) is 14.7. The van der Waals surface area contributed by atoms with E-state index in [0.717, 1.165) is 29.9 Å². The first-order valence-electron chi connectivity index (χ1n) is 11.3. The Bertz CT molecular complexity index is 812. The van der Waals surface area contributed by atoms with Gasteiger partial charge in [-0.2, -0.15) is 0 Å². The highest BCUT2D eigenvalue weighted by atomic mass is 16.5. The fraction of sp³-hybridized carbons (Fsp3) is 0.615. The van der Waals surface area contributed by atoms with E-state index in [1.54, 1.807) is 14.2 Å². The zero-order valence-corrected chi connectivity index (χ0v) is 19.6. The molecular formula is C26H36O5. The second-order valence-corrected chi connectivity index (χ2v) is 10.0. The van der Waals surface area contributed by atoms with Crippen molar-refractivity contribution in [2.75, 3.05) is 20.8 Å². The summed E-state index contributed by atoms with van der Waals surface area (Å²) in [7, 11) is 3.28. The molecule has 0 bridgehead atoms. The van der Waals surface area contributed by atoms with Gasteiger partial charge >= 0.3 is 5.97 Å². The zero-order valence-electron chi connectivity index (χ0n) is 19.6. The fourth-order valence-corrected chi connectivity index (χ4v) is 5.02. The van der Waals surface area contributed by atoms with E-state index in [1.807, 2.05) is 39.0 Å². The van der Waals surface area contributed by atoms with Crippen molar-refractivity contribution in [2.45, 2.75) is 52.9 Å². The number of allylic oxidation sites excluding steroid dienone is 2. The summed E-state index contributed by atoms with van der Waals surface area (Å²) < 4.78 is 16.7. The van der Waals surface area contributed by atoms with Crippen LogP contribution < -0.4 is 9.47 Å². The highest BCUT2D eigenvalue weighted by molar-refractivity contribution is 5.83. The molecule has 0 amide bonds. The van der Waals surface area contributed by atoms with Crippen molar-refractivity contribution < 1.29 is 23.8 Å². The van der Waals surface area contributed by atoms with E-state index >= 15 is 0 Å². The van der Waals surface area contributed by atoms with Crippen LogP contribution in [-0.4, -0.2) is 32.6 Å². The SMILES string of the molecule is COc1cc(OC)cc([C@H]2C=C[C@H]3CCCC(=O)[C@H]3[C@@H]2[C@@H](C)COC(=O)C(C)(C)C)c1. The van der Waals surface area contributed by atoms with Crippen LogP contribution in [0.5, 0.6) is 11.5 Å². The summed E-state index contributed by atoms with van der Waals surface area (Å²) in [6.45, 7) is 7.98. The van der Waals surface area contributed by atoms with Crippen molar-refractivity contribution in [3.63, 3.8) is 0 Å². The Morgan fingerprint density at radius 2 is 1.74 bits per heavy atom. The highest BCUT2D eigenvalue weighted by Crippen LogP contribution is 2.49. The summed E-state index contributed by atoms with van der Waals surface area (Å²) in [5, 5.41) is 0. The maximum Gasteiger partial charge on any atom is 0.311 e. The van der Waals surface area contributed by atoms with Crippen LogP contribution in [0.1, 0.15) is 58.4 Å². The first kappa shape index (κ1) is 23.4. The molecule has 5 heteroatoms. The molecule has 3 rings (SSSR count). The van der Waals surface area contributed by atoms with Gasteiger partial charge in [-0.1, -0.05) is 19.1 Å². The van der Waals surface area contributed by atoms with E-state index in [1.165, 1.54) is 0 Å². The number of ether oxygens (including phenoxy) is 3. The fourth-order valence-electron chi connectivity index (χ4n) is 5.02. The van der Waals surface area contributed by atoms with Gasteiger partial charge in [0, 0.05) is 24.3 Å². The molecule has 0 heterocycles. The third-order valence-electron chi connectivity index (χ3n) is 6.69. The van der Waals surface area contributed by atoms with Crippen LogP contribution in [-0.2, 0) is 14.3 Å². The van der Waals surface area contributed by atoms with Crippen molar-refractivity contribution in [1.82, 2.24) is 0 Å². The van der Waals surface area contributed by atoms with Crippen molar-refractivity contribution in [3.8, 4) is 11.5 Å². The standard InChI is InChI=1S/C26H36O5/c1-16(15-31-25(28)26(2,3)4)23-21(11-10-17-8-7-9-22(27)24(17)23)18-12-19(29-5)14-20(13-18)30-6/h10-14,16-17,21,23-24H,7-9,15H2,1-6H3/t16-,17+,21+,23+,24-/m0/s1. The van der Waals surface area contributed by atoms with Gasteiger partial charge in [0.2, 0.25) is 0 Å². The lowest BCUT2D eigenvalue weighted by Crippen LogP contribution is -2.43. The zero-order chi connectivity index (χ0) is 22.8. The molecular weight excluding hydrogens is 392 g/mol. The molecule has 170 valence electrons. The van der Waals surface area contributed by atoms with E-state index in [2.05, 4.69) is 19.1 Å². The average Bonchev–Trinajstić information content (AvgIpc) is 2.75. The molecule has 1 aromatic rings. The largest absolute Gasteiger partial charge is 0.497 e. The van der Waals surface area contributed by atoms with E-state index in [9.17, 15) is 9.59 Å². The number of methoxy groups -OCH3 is 2. The van der Waals surface area contributed by atoms with Crippen molar-refractivity contribution in [3.05, 3.63) is 35.9 Å². The Labute approximate surface area is 186 Å². The third-order valence-corrected chi connectivity index (χ3v) is 6.69. The molecule has 0 saturated heterocycles. The normalized spacial score (nSPS) is 26.7. The average molecular weight is 429 g/mol. The Hall–Kier alpha value is -2.30. The minimum Gasteiger partial charge on any atom is -0.497 e. The molecule has 0 spiro atoms. The minimum absolute atomic E-state index is 0.0237. The van der Waals surface area contributed by atoms with Gasteiger partial charge in [0.15, 0.2) is 0 Å². The molecule has 0 N–H and O–H groups in total. The summed E-state index contributed by atoms with van der Waals surface area (Å²) in [6, 6.07) is 5.90. The van der Waals surface area contributed by atoms with Crippen LogP contribution in [0.3, 0.4) is 0 Å². The maximum absolute atomic E-state index is 13.1. The number of rotatable bonds is 6. The molecule has 0 aromatic heterocycles. The van der Waals surface area contributed by atoms with Crippen molar-refractivity contribution >= 4 is 11.8 Å². The number of Topliss-reactive ketones (excluding diaryl/α,β-unsaturated/α-hetero) is 1. The summed E-state index contributed by atoms with van der Waals surface area (Å²) in [5.41, 5.74) is 0.512. The third kappa shape index (κ3) is 5.13. The summed E-state index contributed by atoms with van der Waals surface area (Å²) in [4.78, 5) is 25.5. The van der Waals surface area contributed by atoms with Crippen LogP contribution in [0.25, 0.3) is 0 Å². The molecule has 2 aliphatic rings. The van der Waals surface area contributed by atoms with Crippen LogP contribution in [0, 0.1) is 29.1 Å². The van der Waals surface area contributed by atoms with Crippen LogP contribution in [0.4, 0.5) is 0 Å². The van der Waals surface area contributed by atoms with E-state index in [0.29, 0.717) is 18.8 Å². The molecule has 0 radical (unpaired) electrons. The lowest BCUT2D eigenvalue weighted by Gasteiger charge is -2.44. The number of benzene rings is 1. The number of esters is 1. The minimum atomic E-state index is -0.547. The van der Waals surface area contributed by atoms with E-state index in [4.69, 9.17) is 14.2 Å². The molecule has 31 heavy (non-hydrogen) atoms. The van der Waals surface area contributed by atoms with Gasteiger partial charge < -0.3 is 14.2 Å². The highest BCUT2D eigenvalue weighted by Gasteiger charge is 2.45. The number of hydrogen-bond donors (Lipinski definition) is 0. The molecule has 5 atom stereocenters. The molecule has 0 unspecified atom stereocenters. The van der Waals surface area contributed by atoms with Gasteiger partial charge in [0.25, 0.3) is 0 Å². The van der Waals surface area contributed by atoms with Crippen molar-refractivity contribution in [2.24, 2.45) is 29.1 Å². The van der Waals surface area contributed by atoms with E-state index < -0.39 is 5.41 Å². The molecule has 5 nitrogen and oxygen atoms in total. The van der Waals surface area contributed by atoms with Gasteiger partial charge in [-0.25, -0.2) is 0 Å². The van der Waals surface area contributed by atoms with Crippen LogP contribution in [0.15, 0.2) is 30.4 Å². The Kier molecular flexibility index (Phi) is 7.13. The number of ketones is 1. The van der Waals surface area contributed by atoms with E-state index in [-0.39, 0.29) is 35.6 Å². The summed E-state index contributed by atoms with van der Waals surface area (Å²) in [5.74, 6) is 1.89. The number of carbonyl (C=O) groups excluding carboxylic acids is 2. The second kappa shape index (κ2) is 9.46. The molecule has 0 aliphatic heterocycles. The molecule has 1 fully saturated rings. The topological polar surface area (TPSA) is 61.8 Å². The summed E-state index contributed by atoms with van der Waals surface area (Å²) >= 11 is 0. The lowest BCUT2D eigenvalue weighted by molar-refractivity contribution is -0.155. The Morgan fingerprint density at radius 1 is 1.10 bits per heavy atom. The second-order valence-electron chi connectivity index (χ2n) is 10.0. The summed E-state index contributed by atoms with van der Waals surface area (Å²) in [6.07, 6.45) is 7.08. The quantitative estimate of drug-likeness (QED) is 0.461. The van der Waals surface area contributed by atoms with Crippen molar-refractivity contribution in [1.29, 1.82) is 0 Å². The number of hydrogen-bond acceptors (Lipinski definition) is 5. The molecule has 1 aromatic carbocycles. The number of carbonyl (C=O) groups is 2. The predicted octanol–water partition coefficient (Wildman–Crippen LogP) is 5.18. The van der Waals surface area contributed by atoms with Crippen LogP contribution in [0.2, 0.25) is 0 Å². The van der Waals surface area contributed by atoms with Crippen LogP contribution >= 0.6 is 0 Å². The Balaban J connectivity index is 1.96. The predicted molar refractivity (Wildman–Crippen MR) is 120 cm³/mol. The van der Waals surface area contributed by atoms with Gasteiger partial charge in [-0.15, -0.1) is 0 Å². The smallest absolute Gasteiger partial charge is 0.311 e.